The first-order valence-electron chi connectivity index (χ1n) is 5.45. The van der Waals surface area contributed by atoms with E-state index in [2.05, 4.69) is 16.4 Å². The number of nitrogens with zero attached hydrogens (tertiary/aromatic N) is 2. The highest BCUT2D eigenvalue weighted by molar-refractivity contribution is 5.73. The molecule has 0 aliphatic carbocycles. The summed E-state index contributed by atoms with van der Waals surface area (Å²) in [6.07, 6.45) is 0.967. The van der Waals surface area contributed by atoms with Gasteiger partial charge in [-0.3, -0.25) is 4.79 Å². The van der Waals surface area contributed by atoms with Crippen molar-refractivity contribution in [3.8, 4) is 6.07 Å². The van der Waals surface area contributed by atoms with Gasteiger partial charge in [0.25, 0.3) is 0 Å². The average molecular weight is 232 g/mol. The van der Waals surface area contributed by atoms with Gasteiger partial charge in [-0.05, 0) is 31.9 Å². The van der Waals surface area contributed by atoms with Crippen LogP contribution in [0.4, 0.5) is 5.82 Å². The fraction of sp³-hybridized carbons (Fsp3) is 0.417. The Hall–Kier alpha value is -2.09. The number of rotatable bonds is 5. The molecule has 0 unspecified atom stereocenters. The maximum absolute atomic E-state index is 10.6. The van der Waals surface area contributed by atoms with Gasteiger partial charge in [0.2, 0.25) is 5.91 Å². The van der Waals surface area contributed by atoms with E-state index in [4.69, 9.17) is 11.0 Å². The van der Waals surface area contributed by atoms with Crippen LogP contribution >= 0.6 is 0 Å². The van der Waals surface area contributed by atoms with E-state index in [1.54, 1.807) is 0 Å². The number of amides is 1. The van der Waals surface area contributed by atoms with Gasteiger partial charge in [0.05, 0.1) is 5.56 Å². The standard InChI is InChI=1S/C12H16N4O/c1-8-6-9(2)16-12(10(8)7-13)15-5-3-4-11(14)17/h6H,3-5H2,1-2H3,(H2,14,17)(H,15,16). The number of nitriles is 1. The number of hydrogen-bond donors (Lipinski definition) is 2. The molecule has 1 aromatic heterocycles. The number of hydrogen-bond acceptors (Lipinski definition) is 4. The maximum Gasteiger partial charge on any atom is 0.217 e. The van der Waals surface area contributed by atoms with Crippen molar-refractivity contribution < 1.29 is 4.79 Å². The summed E-state index contributed by atoms with van der Waals surface area (Å²) in [7, 11) is 0. The predicted octanol–water partition coefficient (Wildman–Crippen LogP) is 1.25. The highest BCUT2D eigenvalue weighted by Gasteiger charge is 2.07. The molecule has 0 bridgehead atoms. The van der Waals surface area contributed by atoms with Crippen molar-refractivity contribution in [2.75, 3.05) is 11.9 Å². The summed E-state index contributed by atoms with van der Waals surface area (Å²) < 4.78 is 0. The molecule has 1 heterocycles. The van der Waals surface area contributed by atoms with E-state index in [0.29, 0.717) is 30.8 Å². The molecule has 0 aromatic carbocycles. The fourth-order valence-corrected chi connectivity index (χ4v) is 1.58. The number of pyridine rings is 1. The van der Waals surface area contributed by atoms with Crippen molar-refractivity contribution in [1.29, 1.82) is 5.26 Å². The van der Waals surface area contributed by atoms with Crippen molar-refractivity contribution >= 4 is 11.7 Å². The molecule has 0 fully saturated rings. The Morgan fingerprint density at radius 1 is 1.59 bits per heavy atom. The molecule has 17 heavy (non-hydrogen) atoms. The first kappa shape index (κ1) is 13.0. The first-order valence-corrected chi connectivity index (χ1v) is 5.45. The highest BCUT2D eigenvalue weighted by atomic mass is 16.1. The Balaban J connectivity index is 2.70. The third-order valence-corrected chi connectivity index (χ3v) is 2.35. The second kappa shape index (κ2) is 5.85. The monoisotopic (exact) mass is 232 g/mol. The molecule has 1 amide bonds. The summed E-state index contributed by atoms with van der Waals surface area (Å²) in [5.41, 5.74) is 7.35. The van der Waals surface area contributed by atoms with Crippen LogP contribution in [0.1, 0.15) is 29.7 Å². The van der Waals surface area contributed by atoms with Crippen molar-refractivity contribution in [2.45, 2.75) is 26.7 Å². The van der Waals surface area contributed by atoms with Gasteiger partial charge < -0.3 is 11.1 Å². The highest BCUT2D eigenvalue weighted by Crippen LogP contribution is 2.17. The van der Waals surface area contributed by atoms with E-state index in [-0.39, 0.29) is 5.91 Å². The van der Waals surface area contributed by atoms with Crippen LogP contribution in [-0.4, -0.2) is 17.4 Å². The number of carbonyl (C=O) groups is 1. The summed E-state index contributed by atoms with van der Waals surface area (Å²) in [6, 6.07) is 3.99. The Labute approximate surface area is 101 Å². The number of aromatic nitrogens is 1. The zero-order chi connectivity index (χ0) is 12.8. The van der Waals surface area contributed by atoms with Gasteiger partial charge in [-0.25, -0.2) is 4.98 Å². The largest absolute Gasteiger partial charge is 0.370 e. The van der Waals surface area contributed by atoms with E-state index in [9.17, 15) is 4.79 Å². The molecule has 1 aromatic rings. The summed E-state index contributed by atoms with van der Waals surface area (Å²) in [5, 5.41) is 12.1. The van der Waals surface area contributed by atoms with Crippen LogP contribution < -0.4 is 11.1 Å². The lowest BCUT2D eigenvalue weighted by molar-refractivity contribution is -0.118. The number of nitrogens with two attached hydrogens (primary N) is 1. The molecular formula is C12H16N4O. The number of carbonyl (C=O) groups excluding carboxylic acids is 1. The number of anilines is 1. The van der Waals surface area contributed by atoms with Crippen LogP contribution in [0.2, 0.25) is 0 Å². The lowest BCUT2D eigenvalue weighted by atomic mass is 10.1. The molecule has 0 aliphatic rings. The second-order valence-corrected chi connectivity index (χ2v) is 3.91. The minimum Gasteiger partial charge on any atom is -0.370 e. The van der Waals surface area contributed by atoms with Crippen LogP contribution in [0.25, 0.3) is 0 Å². The quantitative estimate of drug-likeness (QED) is 0.747. The van der Waals surface area contributed by atoms with Crippen molar-refractivity contribution in [2.24, 2.45) is 5.73 Å². The molecule has 0 saturated carbocycles. The molecule has 0 aliphatic heterocycles. The molecule has 0 atom stereocenters. The lowest BCUT2D eigenvalue weighted by Gasteiger charge is -2.09. The van der Waals surface area contributed by atoms with Gasteiger partial charge in [0.15, 0.2) is 0 Å². The molecule has 3 N–H and O–H groups in total. The lowest BCUT2D eigenvalue weighted by Crippen LogP contribution is -2.13. The number of primary amides is 1. The fourth-order valence-electron chi connectivity index (χ4n) is 1.58. The summed E-state index contributed by atoms with van der Waals surface area (Å²) >= 11 is 0. The smallest absolute Gasteiger partial charge is 0.217 e. The predicted molar refractivity (Wildman–Crippen MR) is 65.3 cm³/mol. The Kier molecular flexibility index (Phi) is 4.46. The zero-order valence-electron chi connectivity index (χ0n) is 10.1. The van der Waals surface area contributed by atoms with E-state index in [1.807, 2.05) is 19.9 Å². The number of aryl methyl sites for hydroxylation is 2. The molecule has 1 rings (SSSR count). The van der Waals surface area contributed by atoms with Crippen LogP contribution in [0.5, 0.6) is 0 Å². The van der Waals surface area contributed by atoms with Crippen molar-refractivity contribution in [1.82, 2.24) is 4.98 Å². The number of nitrogens with one attached hydrogen (secondary N) is 1. The maximum atomic E-state index is 10.6. The van der Waals surface area contributed by atoms with E-state index < -0.39 is 0 Å². The molecular weight excluding hydrogens is 216 g/mol. The zero-order valence-corrected chi connectivity index (χ0v) is 10.1. The molecule has 0 saturated heterocycles. The van der Waals surface area contributed by atoms with Crippen molar-refractivity contribution in [3.05, 3.63) is 22.9 Å². The molecule has 0 radical (unpaired) electrons. The van der Waals surface area contributed by atoms with Crippen molar-refractivity contribution in [3.63, 3.8) is 0 Å². The van der Waals surface area contributed by atoms with E-state index >= 15 is 0 Å². The summed E-state index contributed by atoms with van der Waals surface area (Å²) in [4.78, 5) is 14.8. The Morgan fingerprint density at radius 2 is 2.29 bits per heavy atom. The summed E-state index contributed by atoms with van der Waals surface area (Å²) in [5.74, 6) is 0.259. The van der Waals surface area contributed by atoms with Gasteiger partial charge >= 0.3 is 0 Å². The van der Waals surface area contributed by atoms with Crippen LogP contribution in [0.3, 0.4) is 0 Å². The third kappa shape index (κ3) is 3.76. The second-order valence-electron chi connectivity index (χ2n) is 3.91. The molecule has 5 heteroatoms. The molecule has 0 spiro atoms. The Bertz CT molecular complexity index is 462. The van der Waals surface area contributed by atoms with Crippen LogP contribution in [0.15, 0.2) is 6.07 Å². The molecule has 90 valence electrons. The van der Waals surface area contributed by atoms with E-state index in [1.165, 1.54) is 0 Å². The first-order chi connectivity index (χ1) is 8.04. The van der Waals surface area contributed by atoms with Gasteiger partial charge in [0, 0.05) is 18.7 Å². The normalized spacial score (nSPS) is 9.71. The minimum absolute atomic E-state index is 0.319. The van der Waals surface area contributed by atoms with Gasteiger partial charge in [-0.1, -0.05) is 0 Å². The topological polar surface area (TPSA) is 91.8 Å². The average Bonchev–Trinajstić information content (AvgIpc) is 2.23. The summed E-state index contributed by atoms with van der Waals surface area (Å²) in [6.45, 7) is 4.33. The van der Waals surface area contributed by atoms with Crippen LogP contribution in [-0.2, 0) is 4.79 Å². The van der Waals surface area contributed by atoms with E-state index in [0.717, 1.165) is 11.3 Å². The Morgan fingerprint density at radius 3 is 2.88 bits per heavy atom. The van der Waals surface area contributed by atoms with Gasteiger partial charge in [-0.15, -0.1) is 0 Å². The van der Waals surface area contributed by atoms with Gasteiger partial charge in [-0.2, -0.15) is 5.26 Å². The molecule has 5 nitrogen and oxygen atoms in total. The van der Waals surface area contributed by atoms with Crippen LogP contribution in [0, 0.1) is 25.2 Å². The third-order valence-electron chi connectivity index (χ3n) is 2.35. The van der Waals surface area contributed by atoms with Gasteiger partial charge in [0.1, 0.15) is 11.9 Å². The SMILES string of the molecule is Cc1cc(C)c(C#N)c(NCCCC(N)=O)n1. The minimum atomic E-state index is -0.319.